The largest absolute Gasteiger partial charge is 0.312 e. The summed E-state index contributed by atoms with van der Waals surface area (Å²) in [6.07, 6.45) is 0. The van der Waals surface area contributed by atoms with Crippen molar-refractivity contribution in [3.05, 3.63) is 32.7 Å². The third-order valence-corrected chi connectivity index (χ3v) is 3.75. The van der Waals surface area contributed by atoms with Gasteiger partial charge in [0.05, 0.1) is 0 Å². The van der Waals surface area contributed by atoms with Gasteiger partial charge in [0, 0.05) is 15.5 Å². The highest BCUT2D eigenvalue weighted by Gasteiger charge is 1.99. The lowest BCUT2D eigenvalue weighted by molar-refractivity contribution is 0.552. The maximum absolute atomic E-state index is 3.49. The summed E-state index contributed by atoms with van der Waals surface area (Å²) >= 11 is 6.95. The summed E-state index contributed by atoms with van der Waals surface area (Å²) < 4.78 is 2.21. The van der Waals surface area contributed by atoms with Crippen LogP contribution in [-0.4, -0.2) is 6.54 Å². The number of hydrogen-bond donors (Lipinski definition) is 1. The number of halogens is 2. The maximum atomic E-state index is 3.49. The van der Waals surface area contributed by atoms with Gasteiger partial charge in [-0.05, 0) is 62.0 Å². The highest BCUT2D eigenvalue weighted by atomic mass is 79.9. The van der Waals surface area contributed by atoms with Gasteiger partial charge in [-0.15, -0.1) is 0 Å². The molecule has 0 fully saturated rings. The molecule has 0 amide bonds. The second-order valence-electron chi connectivity index (χ2n) is 3.77. The van der Waals surface area contributed by atoms with Crippen LogP contribution in [0.1, 0.15) is 19.4 Å². The third-order valence-electron chi connectivity index (χ3n) is 1.87. The summed E-state index contributed by atoms with van der Waals surface area (Å²) in [5.41, 5.74) is 1.31. The van der Waals surface area contributed by atoms with Gasteiger partial charge in [0.1, 0.15) is 0 Å². The van der Waals surface area contributed by atoms with E-state index < -0.39 is 0 Å². The van der Waals surface area contributed by atoms with Crippen LogP contribution < -0.4 is 5.32 Å². The standard InChI is InChI=1S/C11H15Br2N/c1-8(2)6-14-7-9-3-4-10(12)11(13)5-9/h3-5,8,14H,6-7H2,1-2H3. The topological polar surface area (TPSA) is 12.0 Å². The molecule has 1 aromatic rings. The molecule has 14 heavy (non-hydrogen) atoms. The molecule has 0 aliphatic carbocycles. The fourth-order valence-electron chi connectivity index (χ4n) is 1.15. The molecular formula is C11H15Br2N. The molecule has 0 heterocycles. The lowest BCUT2D eigenvalue weighted by Crippen LogP contribution is -2.18. The first-order valence-electron chi connectivity index (χ1n) is 4.74. The van der Waals surface area contributed by atoms with Gasteiger partial charge in [-0.3, -0.25) is 0 Å². The zero-order valence-electron chi connectivity index (χ0n) is 8.48. The summed E-state index contributed by atoms with van der Waals surface area (Å²) in [5.74, 6) is 0.703. The molecule has 0 atom stereocenters. The smallest absolute Gasteiger partial charge is 0.0320 e. The van der Waals surface area contributed by atoms with Crippen LogP contribution in [0.3, 0.4) is 0 Å². The van der Waals surface area contributed by atoms with E-state index >= 15 is 0 Å². The Kier molecular flexibility index (Phi) is 5.13. The predicted octanol–water partition coefficient (Wildman–Crippen LogP) is 3.96. The van der Waals surface area contributed by atoms with Crippen molar-refractivity contribution in [1.29, 1.82) is 0 Å². The van der Waals surface area contributed by atoms with Gasteiger partial charge < -0.3 is 5.32 Å². The minimum Gasteiger partial charge on any atom is -0.312 e. The molecule has 3 heteroatoms. The number of nitrogens with one attached hydrogen (secondary N) is 1. The van der Waals surface area contributed by atoms with Crippen molar-refractivity contribution < 1.29 is 0 Å². The first kappa shape index (κ1) is 12.2. The summed E-state index contributed by atoms with van der Waals surface area (Å²) in [6, 6.07) is 6.33. The zero-order chi connectivity index (χ0) is 10.6. The van der Waals surface area contributed by atoms with Gasteiger partial charge in [0.2, 0.25) is 0 Å². The van der Waals surface area contributed by atoms with Crippen molar-refractivity contribution in [2.24, 2.45) is 5.92 Å². The first-order chi connectivity index (χ1) is 6.59. The van der Waals surface area contributed by atoms with Crippen LogP contribution in [0, 0.1) is 5.92 Å². The fourth-order valence-corrected chi connectivity index (χ4v) is 1.83. The van der Waals surface area contributed by atoms with E-state index in [-0.39, 0.29) is 0 Å². The molecule has 0 aromatic heterocycles. The van der Waals surface area contributed by atoms with Crippen LogP contribution in [0.5, 0.6) is 0 Å². The predicted molar refractivity (Wildman–Crippen MR) is 68.4 cm³/mol. The average Bonchev–Trinajstić information content (AvgIpc) is 2.10. The van der Waals surface area contributed by atoms with Crippen LogP contribution in [0.4, 0.5) is 0 Å². The third kappa shape index (κ3) is 4.11. The Balaban J connectivity index is 2.47. The lowest BCUT2D eigenvalue weighted by Gasteiger charge is -2.08. The van der Waals surface area contributed by atoms with Gasteiger partial charge >= 0.3 is 0 Å². The zero-order valence-corrected chi connectivity index (χ0v) is 11.7. The lowest BCUT2D eigenvalue weighted by atomic mass is 10.2. The average molecular weight is 321 g/mol. The highest BCUT2D eigenvalue weighted by molar-refractivity contribution is 9.13. The van der Waals surface area contributed by atoms with Crippen molar-refractivity contribution in [1.82, 2.24) is 5.32 Å². The molecule has 78 valence electrons. The SMILES string of the molecule is CC(C)CNCc1ccc(Br)c(Br)c1. The van der Waals surface area contributed by atoms with Crippen LogP contribution in [0.25, 0.3) is 0 Å². The molecule has 0 unspecified atom stereocenters. The van der Waals surface area contributed by atoms with Crippen molar-refractivity contribution in [2.75, 3.05) is 6.54 Å². The Morgan fingerprint density at radius 3 is 2.50 bits per heavy atom. The maximum Gasteiger partial charge on any atom is 0.0320 e. The molecular weight excluding hydrogens is 306 g/mol. The van der Waals surface area contributed by atoms with E-state index in [1.54, 1.807) is 0 Å². The molecule has 0 saturated carbocycles. The summed E-state index contributed by atoms with van der Waals surface area (Å²) in [7, 11) is 0. The van der Waals surface area contributed by atoms with E-state index in [0.29, 0.717) is 5.92 Å². The number of hydrogen-bond acceptors (Lipinski definition) is 1. The van der Waals surface area contributed by atoms with Gasteiger partial charge in [0.25, 0.3) is 0 Å². The Hall–Kier alpha value is 0.140. The van der Waals surface area contributed by atoms with E-state index in [1.165, 1.54) is 5.56 Å². The normalized spacial score (nSPS) is 10.9. The van der Waals surface area contributed by atoms with E-state index in [9.17, 15) is 0 Å². The molecule has 0 aliphatic rings. The molecule has 0 spiro atoms. The molecule has 0 radical (unpaired) electrons. The minimum atomic E-state index is 0.703. The second kappa shape index (κ2) is 5.89. The highest BCUT2D eigenvalue weighted by Crippen LogP contribution is 2.23. The number of rotatable bonds is 4. The van der Waals surface area contributed by atoms with Crippen LogP contribution in [-0.2, 0) is 6.54 Å². The van der Waals surface area contributed by atoms with E-state index in [0.717, 1.165) is 22.0 Å². The molecule has 1 aromatic carbocycles. The van der Waals surface area contributed by atoms with Gasteiger partial charge in [-0.25, -0.2) is 0 Å². The number of benzene rings is 1. The van der Waals surface area contributed by atoms with E-state index in [4.69, 9.17) is 0 Å². The molecule has 1 rings (SSSR count). The van der Waals surface area contributed by atoms with Crippen molar-refractivity contribution in [3.8, 4) is 0 Å². The molecule has 0 aliphatic heterocycles. The Labute approximate surface area is 103 Å². The van der Waals surface area contributed by atoms with Crippen LogP contribution in [0.15, 0.2) is 27.1 Å². The molecule has 0 bridgehead atoms. The Bertz CT molecular complexity index is 297. The van der Waals surface area contributed by atoms with Crippen molar-refractivity contribution >= 4 is 31.9 Å². The Morgan fingerprint density at radius 2 is 1.93 bits per heavy atom. The van der Waals surface area contributed by atoms with Crippen LogP contribution in [0.2, 0.25) is 0 Å². The molecule has 1 N–H and O–H groups in total. The summed E-state index contributed by atoms with van der Waals surface area (Å²) in [4.78, 5) is 0. The Morgan fingerprint density at radius 1 is 1.21 bits per heavy atom. The quantitative estimate of drug-likeness (QED) is 0.885. The van der Waals surface area contributed by atoms with E-state index in [2.05, 4.69) is 69.2 Å². The fraction of sp³-hybridized carbons (Fsp3) is 0.455. The van der Waals surface area contributed by atoms with Crippen molar-refractivity contribution in [3.63, 3.8) is 0 Å². The second-order valence-corrected chi connectivity index (χ2v) is 5.48. The van der Waals surface area contributed by atoms with Gasteiger partial charge in [0.15, 0.2) is 0 Å². The van der Waals surface area contributed by atoms with Gasteiger partial charge in [-0.1, -0.05) is 19.9 Å². The first-order valence-corrected chi connectivity index (χ1v) is 6.33. The van der Waals surface area contributed by atoms with Crippen molar-refractivity contribution in [2.45, 2.75) is 20.4 Å². The van der Waals surface area contributed by atoms with E-state index in [1.807, 2.05) is 0 Å². The molecule has 0 saturated heterocycles. The summed E-state index contributed by atoms with van der Waals surface area (Å²) in [5, 5.41) is 3.41. The monoisotopic (exact) mass is 319 g/mol. The summed E-state index contributed by atoms with van der Waals surface area (Å²) in [6.45, 7) is 6.42. The van der Waals surface area contributed by atoms with Crippen LogP contribution >= 0.6 is 31.9 Å². The molecule has 1 nitrogen and oxygen atoms in total. The van der Waals surface area contributed by atoms with Gasteiger partial charge in [-0.2, -0.15) is 0 Å². The minimum absolute atomic E-state index is 0.703.